The molecule has 0 radical (unpaired) electrons. The summed E-state index contributed by atoms with van der Waals surface area (Å²) in [4.78, 5) is 8.84. The Hall–Kier alpha value is -1.61. The molecule has 0 amide bonds. The first-order valence-electron chi connectivity index (χ1n) is 7.29. The number of nitrogens with zero attached hydrogens (tertiary/aromatic N) is 3. The molecule has 3 heterocycles. The van der Waals surface area contributed by atoms with E-state index in [1.165, 1.54) is 28.8 Å². The normalized spacial score (nSPS) is 18.4. The number of ether oxygens (including phenoxy) is 1. The third kappa shape index (κ3) is 3.07. The van der Waals surface area contributed by atoms with Crippen molar-refractivity contribution in [3.63, 3.8) is 0 Å². The van der Waals surface area contributed by atoms with Crippen molar-refractivity contribution in [2.24, 2.45) is 4.99 Å². The first kappa shape index (κ1) is 14.9. The van der Waals surface area contributed by atoms with E-state index in [4.69, 9.17) is 4.74 Å². The number of hydrogen-bond acceptors (Lipinski definition) is 8. The molecule has 1 aromatic heterocycles. The van der Waals surface area contributed by atoms with E-state index in [2.05, 4.69) is 21.4 Å². The second kappa shape index (κ2) is 6.12. The van der Waals surface area contributed by atoms with Crippen LogP contribution in [0.2, 0.25) is 0 Å². The van der Waals surface area contributed by atoms with Crippen LogP contribution >= 0.6 is 23.3 Å². The molecule has 0 aliphatic carbocycles. The molecule has 120 valence electrons. The van der Waals surface area contributed by atoms with Gasteiger partial charge in [-0.15, -0.1) is 11.3 Å². The van der Waals surface area contributed by atoms with Gasteiger partial charge in [-0.25, -0.2) is 14.3 Å². The lowest BCUT2D eigenvalue weighted by Gasteiger charge is -2.11. The Bertz CT molecular complexity index is 762. The van der Waals surface area contributed by atoms with Gasteiger partial charge in [-0.1, -0.05) is 0 Å². The van der Waals surface area contributed by atoms with Crippen LogP contribution in [-0.2, 0) is 6.42 Å². The maximum absolute atomic E-state index is 10.3. The third-order valence-electron chi connectivity index (χ3n) is 3.65. The quantitative estimate of drug-likeness (QED) is 0.655. The molecule has 4 rings (SSSR count). The molecular formula is C15H16N4O2S2. The average molecular weight is 348 g/mol. The second-order valence-corrected chi connectivity index (χ2v) is 7.42. The van der Waals surface area contributed by atoms with Gasteiger partial charge in [0.15, 0.2) is 11.4 Å². The van der Waals surface area contributed by atoms with Crippen molar-refractivity contribution >= 4 is 28.5 Å². The summed E-state index contributed by atoms with van der Waals surface area (Å²) in [7, 11) is 1.95. The van der Waals surface area contributed by atoms with E-state index >= 15 is 0 Å². The van der Waals surface area contributed by atoms with E-state index in [1.807, 2.05) is 28.9 Å². The Kier molecular flexibility index (Phi) is 3.98. The van der Waals surface area contributed by atoms with E-state index in [0.29, 0.717) is 17.5 Å². The number of fused-ring (bicyclic) bond motifs is 1. The number of benzene rings is 1. The van der Waals surface area contributed by atoms with Crippen LogP contribution in [0.5, 0.6) is 5.75 Å². The van der Waals surface area contributed by atoms with Crippen LogP contribution in [0.25, 0.3) is 10.6 Å². The summed E-state index contributed by atoms with van der Waals surface area (Å²) in [5.41, 5.74) is 2.89. The molecule has 2 N–H and O–H groups in total. The fourth-order valence-corrected chi connectivity index (χ4v) is 4.02. The summed E-state index contributed by atoms with van der Waals surface area (Å²) in [6, 6.07) is 6.13. The standard InChI is InChI=1S/C15H16N4O2S2/c1-19-8-16-15(23-19)18-13(20)11-7-22-14(17-11)10-2-3-12-9(6-10)4-5-21-12/h2-3,6-7,13,20H,4-5,8H2,1H3,(H,16,18). The molecule has 1 atom stereocenters. The topological polar surface area (TPSA) is 70.0 Å². The minimum atomic E-state index is -0.851. The lowest BCUT2D eigenvalue weighted by molar-refractivity contribution is 0.160. The van der Waals surface area contributed by atoms with Crippen molar-refractivity contribution in [2.75, 3.05) is 20.3 Å². The predicted octanol–water partition coefficient (Wildman–Crippen LogP) is 2.23. The van der Waals surface area contributed by atoms with Crippen molar-refractivity contribution in [2.45, 2.75) is 12.6 Å². The van der Waals surface area contributed by atoms with Crippen LogP contribution in [0.15, 0.2) is 28.6 Å². The predicted molar refractivity (Wildman–Crippen MR) is 92.5 cm³/mol. The number of aliphatic imine (C=N–C) groups is 1. The third-order valence-corrected chi connectivity index (χ3v) is 5.41. The maximum Gasteiger partial charge on any atom is 0.175 e. The van der Waals surface area contributed by atoms with Gasteiger partial charge in [0, 0.05) is 17.4 Å². The molecule has 0 bridgehead atoms. The van der Waals surface area contributed by atoms with Crippen LogP contribution in [-0.4, -0.2) is 39.9 Å². The van der Waals surface area contributed by atoms with Crippen LogP contribution in [0.1, 0.15) is 17.5 Å². The van der Waals surface area contributed by atoms with E-state index in [9.17, 15) is 5.11 Å². The molecule has 0 saturated carbocycles. The van der Waals surface area contributed by atoms with Gasteiger partial charge < -0.3 is 15.2 Å². The maximum atomic E-state index is 10.3. The number of aliphatic hydroxyl groups is 1. The largest absolute Gasteiger partial charge is 0.493 e. The number of hydrogen-bond donors (Lipinski definition) is 2. The highest BCUT2D eigenvalue weighted by molar-refractivity contribution is 8.12. The molecular weight excluding hydrogens is 332 g/mol. The van der Waals surface area contributed by atoms with E-state index < -0.39 is 6.23 Å². The fraction of sp³-hybridized carbons (Fsp3) is 0.333. The van der Waals surface area contributed by atoms with E-state index in [0.717, 1.165) is 29.3 Å². The highest BCUT2D eigenvalue weighted by Crippen LogP contribution is 2.32. The molecule has 2 aliphatic rings. The zero-order valence-electron chi connectivity index (χ0n) is 12.5. The summed E-state index contributed by atoms with van der Waals surface area (Å²) in [5.74, 6) is 0.965. The van der Waals surface area contributed by atoms with E-state index in [-0.39, 0.29) is 0 Å². The zero-order chi connectivity index (χ0) is 15.8. The number of amidine groups is 1. The molecule has 8 heteroatoms. The van der Waals surface area contributed by atoms with Crippen molar-refractivity contribution in [1.82, 2.24) is 14.6 Å². The summed E-state index contributed by atoms with van der Waals surface area (Å²) in [6.45, 7) is 1.37. The minimum absolute atomic E-state index is 0.611. The molecule has 2 aromatic rings. The van der Waals surface area contributed by atoms with Crippen molar-refractivity contribution in [3.8, 4) is 16.3 Å². The second-order valence-electron chi connectivity index (χ2n) is 5.37. The summed E-state index contributed by atoms with van der Waals surface area (Å²) >= 11 is 3.00. The zero-order valence-corrected chi connectivity index (χ0v) is 14.2. The number of rotatable bonds is 3. The van der Waals surface area contributed by atoms with Crippen LogP contribution in [0, 0.1) is 0 Å². The Morgan fingerprint density at radius 2 is 2.35 bits per heavy atom. The van der Waals surface area contributed by atoms with Crippen LogP contribution < -0.4 is 10.1 Å². The highest BCUT2D eigenvalue weighted by Gasteiger charge is 2.19. The van der Waals surface area contributed by atoms with Gasteiger partial charge >= 0.3 is 0 Å². The molecule has 2 aliphatic heterocycles. The summed E-state index contributed by atoms with van der Waals surface area (Å²) in [5, 5.41) is 16.8. The first-order valence-corrected chi connectivity index (χ1v) is 8.94. The summed E-state index contributed by atoms with van der Waals surface area (Å²) < 4.78 is 7.51. The van der Waals surface area contributed by atoms with Gasteiger partial charge in [0.05, 0.1) is 6.61 Å². The van der Waals surface area contributed by atoms with Crippen LogP contribution in [0.3, 0.4) is 0 Å². The lowest BCUT2D eigenvalue weighted by Crippen LogP contribution is -2.25. The SMILES string of the molecule is CN1CN=C(NC(O)c2csc(-c3ccc4c(c3)CCO4)n2)S1. The monoisotopic (exact) mass is 348 g/mol. The molecule has 0 saturated heterocycles. The van der Waals surface area contributed by atoms with Crippen molar-refractivity contribution in [3.05, 3.63) is 34.8 Å². The molecule has 1 aromatic carbocycles. The van der Waals surface area contributed by atoms with Gasteiger partial charge in [0.2, 0.25) is 0 Å². The first-order chi connectivity index (χ1) is 11.2. The Labute approximate surface area is 142 Å². The minimum Gasteiger partial charge on any atom is -0.493 e. The fourth-order valence-electron chi connectivity index (χ4n) is 2.50. The summed E-state index contributed by atoms with van der Waals surface area (Å²) in [6.07, 6.45) is 0.0892. The van der Waals surface area contributed by atoms with Gasteiger partial charge in [0.1, 0.15) is 23.1 Å². The van der Waals surface area contributed by atoms with Gasteiger partial charge in [0.25, 0.3) is 0 Å². The molecule has 0 spiro atoms. The Balaban J connectivity index is 1.50. The average Bonchev–Trinajstić information content (AvgIpc) is 3.26. The van der Waals surface area contributed by atoms with Crippen molar-refractivity contribution in [1.29, 1.82) is 0 Å². The highest BCUT2D eigenvalue weighted by atomic mass is 32.2. The van der Waals surface area contributed by atoms with Gasteiger partial charge in [-0.2, -0.15) is 0 Å². The number of aromatic nitrogens is 1. The number of aliphatic hydroxyl groups excluding tert-OH is 1. The molecule has 23 heavy (non-hydrogen) atoms. The Morgan fingerprint density at radius 1 is 1.43 bits per heavy atom. The van der Waals surface area contributed by atoms with Crippen LogP contribution in [0.4, 0.5) is 0 Å². The van der Waals surface area contributed by atoms with Gasteiger partial charge in [-0.05, 0) is 42.8 Å². The smallest absolute Gasteiger partial charge is 0.175 e. The number of nitrogens with one attached hydrogen (secondary N) is 1. The number of thiazole rings is 1. The van der Waals surface area contributed by atoms with Gasteiger partial charge in [-0.3, -0.25) is 0 Å². The molecule has 0 fully saturated rings. The lowest BCUT2D eigenvalue weighted by atomic mass is 10.1. The molecule has 6 nitrogen and oxygen atoms in total. The van der Waals surface area contributed by atoms with Crippen molar-refractivity contribution < 1.29 is 9.84 Å². The Morgan fingerprint density at radius 3 is 3.17 bits per heavy atom. The van der Waals surface area contributed by atoms with E-state index in [1.54, 1.807) is 0 Å². The molecule has 1 unspecified atom stereocenters.